The summed E-state index contributed by atoms with van der Waals surface area (Å²) in [4.78, 5) is 5.30. The molecule has 1 unspecified atom stereocenters. The van der Waals surface area contributed by atoms with E-state index in [1.54, 1.807) is 6.08 Å². The molecule has 1 N–H and O–H groups in total. The van der Waals surface area contributed by atoms with Crippen LogP contribution in [0.1, 0.15) is 26.2 Å². The molecule has 8 heteroatoms. The summed E-state index contributed by atoms with van der Waals surface area (Å²) in [7, 11) is 0. The Balaban J connectivity index is 1.79. The van der Waals surface area contributed by atoms with Crippen molar-refractivity contribution in [2.24, 2.45) is 10.9 Å². The maximum atomic E-state index is 14.5. The van der Waals surface area contributed by atoms with Crippen LogP contribution in [0.2, 0.25) is 5.02 Å². The van der Waals surface area contributed by atoms with Crippen LogP contribution in [0.5, 0.6) is 0 Å². The van der Waals surface area contributed by atoms with Gasteiger partial charge in [-0.1, -0.05) is 18.5 Å². The lowest BCUT2D eigenvalue weighted by molar-refractivity contribution is 0.540. The number of nitrogens with zero attached hydrogens (tertiary/aromatic N) is 2. The van der Waals surface area contributed by atoms with Gasteiger partial charge >= 0.3 is 0 Å². The van der Waals surface area contributed by atoms with Gasteiger partial charge in [-0.25, -0.2) is 13.8 Å². The SMILES string of the molecule is CC1CCN(c2cc(F)c(SNC3=CCCC(F)=N3)c(F)c2Cl)C1. The number of nitrogens with one attached hydrogen (secondary N) is 1. The molecular weight excluding hydrogens is 359 g/mol. The topological polar surface area (TPSA) is 27.6 Å². The van der Waals surface area contributed by atoms with Gasteiger partial charge in [0, 0.05) is 25.6 Å². The minimum Gasteiger partial charge on any atom is -0.370 e. The van der Waals surface area contributed by atoms with Gasteiger partial charge in [-0.3, -0.25) is 0 Å². The summed E-state index contributed by atoms with van der Waals surface area (Å²) in [5.74, 6) is -1.31. The molecule has 2 aliphatic rings. The van der Waals surface area contributed by atoms with Crippen LogP contribution in [0.3, 0.4) is 0 Å². The van der Waals surface area contributed by atoms with Crippen LogP contribution in [-0.4, -0.2) is 19.1 Å². The molecule has 3 rings (SSSR count). The second-order valence-electron chi connectivity index (χ2n) is 5.99. The first-order valence-electron chi connectivity index (χ1n) is 7.74. The second kappa shape index (κ2) is 7.27. The van der Waals surface area contributed by atoms with E-state index in [1.165, 1.54) is 6.07 Å². The number of hydrogen-bond acceptors (Lipinski definition) is 4. The van der Waals surface area contributed by atoms with E-state index >= 15 is 0 Å². The van der Waals surface area contributed by atoms with Crippen LogP contribution in [0, 0.1) is 17.6 Å². The molecule has 1 aromatic rings. The summed E-state index contributed by atoms with van der Waals surface area (Å²) in [5, 5.41) is -0.0953. The van der Waals surface area contributed by atoms with Gasteiger partial charge in [0.25, 0.3) is 0 Å². The molecule has 2 aliphatic heterocycles. The normalized spacial score (nSPS) is 20.9. The van der Waals surface area contributed by atoms with Crippen molar-refractivity contribution in [3.8, 4) is 0 Å². The first-order chi connectivity index (χ1) is 11.5. The molecular formula is C16H17ClF3N3S. The predicted octanol–water partition coefficient (Wildman–Crippen LogP) is 5.06. The molecule has 0 saturated carbocycles. The number of aliphatic imine (C=N–C) groups is 1. The smallest absolute Gasteiger partial charge is 0.191 e. The van der Waals surface area contributed by atoms with Crippen LogP contribution >= 0.6 is 23.5 Å². The fourth-order valence-electron chi connectivity index (χ4n) is 2.77. The lowest BCUT2D eigenvalue weighted by Gasteiger charge is -2.21. The quantitative estimate of drug-likeness (QED) is 0.588. The van der Waals surface area contributed by atoms with Gasteiger partial charge in [0.15, 0.2) is 11.8 Å². The van der Waals surface area contributed by atoms with Crippen molar-refractivity contribution in [3.05, 3.63) is 34.6 Å². The average Bonchev–Trinajstić information content (AvgIpc) is 2.97. The fourth-order valence-corrected chi connectivity index (χ4v) is 3.78. The summed E-state index contributed by atoms with van der Waals surface area (Å²) >= 11 is 6.82. The Morgan fingerprint density at radius 2 is 2.17 bits per heavy atom. The molecule has 3 nitrogen and oxygen atoms in total. The van der Waals surface area contributed by atoms with E-state index in [2.05, 4.69) is 16.6 Å². The van der Waals surface area contributed by atoms with Crippen LogP contribution in [0.4, 0.5) is 18.9 Å². The van der Waals surface area contributed by atoms with Crippen LogP contribution in [0.25, 0.3) is 0 Å². The van der Waals surface area contributed by atoms with E-state index in [0.29, 0.717) is 30.0 Å². The summed E-state index contributed by atoms with van der Waals surface area (Å²) in [6, 6.07) is 1.26. The Bertz CT molecular complexity index is 708. The first-order valence-corrected chi connectivity index (χ1v) is 8.93. The third kappa shape index (κ3) is 3.67. The summed E-state index contributed by atoms with van der Waals surface area (Å²) in [5.41, 5.74) is 0.376. The highest BCUT2D eigenvalue weighted by molar-refractivity contribution is 7.97. The van der Waals surface area contributed by atoms with Crippen LogP contribution in [-0.2, 0) is 0 Å². The van der Waals surface area contributed by atoms with Crippen molar-refractivity contribution in [1.82, 2.24) is 4.72 Å². The zero-order valence-electron chi connectivity index (χ0n) is 13.1. The van der Waals surface area contributed by atoms with E-state index in [-0.39, 0.29) is 22.2 Å². The van der Waals surface area contributed by atoms with Gasteiger partial charge in [-0.15, -0.1) is 0 Å². The molecule has 1 aromatic carbocycles. The number of hydrogen-bond donors (Lipinski definition) is 1. The monoisotopic (exact) mass is 375 g/mol. The number of benzene rings is 1. The molecule has 2 heterocycles. The minimum atomic E-state index is -0.815. The van der Waals surface area contributed by atoms with Gasteiger partial charge in [0.2, 0.25) is 0 Å². The van der Waals surface area contributed by atoms with Crippen LogP contribution in [0.15, 0.2) is 27.9 Å². The lowest BCUT2D eigenvalue weighted by atomic mass is 10.2. The third-order valence-corrected chi connectivity index (χ3v) is 5.30. The molecule has 0 spiro atoms. The first kappa shape index (κ1) is 17.5. The molecule has 0 aliphatic carbocycles. The Morgan fingerprint density at radius 3 is 2.83 bits per heavy atom. The molecule has 1 fully saturated rings. The number of rotatable bonds is 4. The third-order valence-electron chi connectivity index (χ3n) is 4.05. The van der Waals surface area contributed by atoms with Crippen molar-refractivity contribution in [2.45, 2.75) is 31.1 Å². The lowest BCUT2D eigenvalue weighted by Crippen LogP contribution is -2.20. The largest absolute Gasteiger partial charge is 0.370 e. The minimum absolute atomic E-state index is 0.0953. The predicted molar refractivity (Wildman–Crippen MR) is 92.2 cm³/mol. The van der Waals surface area contributed by atoms with Gasteiger partial charge in [0.1, 0.15) is 21.6 Å². The van der Waals surface area contributed by atoms with E-state index < -0.39 is 17.6 Å². The Morgan fingerprint density at radius 1 is 1.38 bits per heavy atom. The standard InChI is InChI=1S/C16H17ClF3N3S/c1-9-5-6-23(8-9)11-7-10(18)16(15(20)14(11)17)24-22-13-4-2-3-12(19)21-13/h4,7,9,22H,2-3,5-6,8H2,1H3. The molecule has 0 amide bonds. The molecule has 0 radical (unpaired) electrons. The summed E-state index contributed by atoms with van der Waals surface area (Å²) in [6.07, 6.45) is 3.38. The highest BCUT2D eigenvalue weighted by Crippen LogP contribution is 2.38. The number of allylic oxidation sites excluding steroid dienone is 1. The second-order valence-corrected chi connectivity index (χ2v) is 7.19. The maximum absolute atomic E-state index is 14.5. The molecule has 0 bridgehead atoms. The van der Waals surface area contributed by atoms with Crippen molar-refractivity contribution >= 4 is 35.2 Å². The Labute approximate surface area is 148 Å². The number of halogens is 4. The van der Waals surface area contributed by atoms with E-state index in [9.17, 15) is 13.2 Å². The van der Waals surface area contributed by atoms with E-state index in [0.717, 1.165) is 19.5 Å². The van der Waals surface area contributed by atoms with Crippen molar-refractivity contribution < 1.29 is 13.2 Å². The summed E-state index contributed by atoms with van der Waals surface area (Å²) in [6.45, 7) is 3.54. The molecule has 1 atom stereocenters. The van der Waals surface area contributed by atoms with E-state index in [4.69, 9.17) is 11.6 Å². The summed E-state index contributed by atoms with van der Waals surface area (Å²) < 4.78 is 44.7. The molecule has 24 heavy (non-hydrogen) atoms. The van der Waals surface area contributed by atoms with Gasteiger partial charge in [-0.2, -0.15) is 4.39 Å². The van der Waals surface area contributed by atoms with Crippen molar-refractivity contribution in [2.75, 3.05) is 18.0 Å². The average molecular weight is 376 g/mol. The van der Waals surface area contributed by atoms with Crippen molar-refractivity contribution in [1.29, 1.82) is 0 Å². The van der Waals surface area contributed by atoms with E-state index in [1.807, 2.05) is 4.90 Å². The Kier molecular flexibility index (Phi) is 5.30. The van der Waals surface area contributed by atoms with Gasteiger partial charge in [0.05, 0.1) is 5.69 Å². The van der Waals surface area contributed by atoms with Crippen molar-refractivity contribution in [3.63, 3.8) is 0 Å². The Hall–Kier alpha value is -1.34. The molecule has 130 valence electrons. The van der Waals surface area contributed by atoms with Crippen LogP contribution < -0.4 is 9.62 Å². The molecule has 0 aromatic heterocycles. The fraction of sp³-hybridized carbons (Fsp3) is 0.438. The maximum Gasteiger partial charge on any atom is 0.191 e. The highest BCUT2D eigenvalue weighted by Gasteiger charge is 2.26. The van der Waals surface area contributed by atoms with Gasteiger partial charge < -0.3 is 9.62 Å². The zero-order chi connectivity index (χ0) is 17.3. The molecule has 1 saturated heterocycles. The highest BCUT2D eigenvalue weighted by atomic mass is 35.5. The number of anilines is 1. The zero-order valence-corrected chi connectivity index (χ0v) is 14.7. The van der Waals surface area contributed by atoms with Gasteiger partial charge in [-0.05, 0) is 36.8 Å².